The lowest BCUT2D eigenvalue weighted by molar-refractivity contribution is 0.781. The van der Waals surface area contributed by atoms with Crippen molar-refractivity contribution in [2.24, 2.45) is 4.99 Å². The Hall–Kier alpha value is -2.62. The van der Waals surface area contributed by atoms with Crippen molar-refractivity contribution in [2.45, 2.75) is 44.9 Å². The standard InChI is InChI=1S/C21H26N4/c1-4-6-7-19-12-18(14-23-19)15(3)24-20(5-2)25-21-13-17(10-11-22-21)16-8-9-16/h5,10-14,16,23H,2-4,6-9H2,1H3,(H,22,24,25). The highest BCUT2D eigenvalue weighted by Gasteiger charge is 2.23. The van der Waals surface area contributed by atoms with Crippen molar-refractivity contribution in [1.82, 2.24) is 15.3 Å². The Morgan fingerprint density at radius 1 is 1.44 bits per heavy atom. The van der Waals surface area contributed by atoms with E-state index >= 15 is 0 Å². The van der Waals surface area contributed by atoms with Gasteiger partial charge in [0.2, 0.25) is 0 Å². The third-order valence-corrected chi connectivity index (χ3v) is 4.42. The van der Waals surface area contributed by atoms with E-state index in [9.17, 15) is 0 Å². The van der Waals surface area contributed by atoms with Gasteiger partial charge in [0.25, 0.3) is 0 Å². The summed E-state index contributed by atoms with van der Waals surface area (Å²) >= 11 is 0. The average molecular weight is 334 g/mol. The maximum atomic E-state index is 4.58. The van der Waals surface area contributed by atoms with Crippen molar-refractivity contribution in [2.75, 3.05) is 0 Å². The van der Waals surface area contributed by atoms with Crippen LogP contribution in [0.15, 0.2) is 54.8 Å². The van der Waals surface area contributed by atoms with Crippen LogP contribution in [0.1, 0.15) is 55.3 Å². The number of aryl methyl sites for hydroxylation is 1. The van der Waals surface area contributed by atoms with E-state index < -0.39 is 0 Å². The molecule has 0 spiro atoms. The molecule has 0 saturated heterocycles. The van der Waals surface area contributed by atoms with Crippen LogP contribution in [0.25, 0.3) is 5.70 Å². The molecule has 4 heteroatoms. The minimum absolute atomic E-state index is 0.654. The number of aromatic amines is 1. The van der Waals surface area contributed by atoms with Crippen LogP contribution < -0.4 is 5.32 Å². The van der Waals surface area contributed by atoms with Crippen molar-refractivity contribution in [3.63, 3.8) is 0 Å². The van der Waals surface area contributed by atoms with E-state index in [1.807, 2.05) is 12.4 Å². The van der Waals surface area contributed by atoms with E-state index in [1.165, 1.54) is 36.9 Å². The number of pyridine rings is 1. The Kier molecular flexibility index (Phi) is 5.49. The lowest BCUT2D eigenvalue weighted by atomic mass is 10.2. The maximum Gasteiger partial charge on any atom is 0.154 e. The van der Waals surface area contributed by atoms with Gasteiger partial charge in [0.1, 0.15) is 5.84 Å². The summed E-state index contributed by atoms with van der Waals surface area (Å²) in [6.07, 6.45) is 11.5. The first-order valence-corrected chi connectivity index (χ1v) is 9.00. The smallest absolute Gasteiger partial charge is 0.154 e. The first-order chi connectivity index (χ1) is 12.2. The first-order valence-electron chi connectivity index (χ1n) is 9.00. The van der Waals surface area contributed by atoms with E-state index in [4.69, 9.17) is 0 Å². The minimum Gasteiger partial charge on any atom is -0.364 e. The predicted octanol–water partition coefficient (Wildman–Crippen LogP) is 5.11. The molecule has 25 heavy (non-hydrogen) atoms. The van der Waals surface area contributed by atoms with Gasteiger partial charge < -0.3 is 10.3 Å². The third kappa shape index (κ3) is 4.69. The number of H-pyrrole nitrogens is 1. The molecule has 1 aliphatic carbocycles. The second-order valence-corrected chi connectivity index (χ2v) is 6.54. The molecule has 2 heterocycles. The summed E-state index contributed by atoms with van der Waals surface area (Å²) in [5, 5.41) is 3.24. The lowest BCUT2D eigenvalue weighted by Gasteiger charge is -2.08. The minimum atomic E-state index is 0.654. The number of unbranched alkanes of at least 4 members (excludes halogenated alkanes) is 1. The molecule has 1 saturated carbocycles. The number of hydrogen-bond acceptors (Lipinski definition) is 2. The van der Waals surface area contributed by atoms with Gasteiger partial charge in [0.05, 0.1) is 0 Å². The summed E-state index contributed by atoms with van der Waals surface area (Å²) in [6, 6.07) is 6.27. The van der Waals surface area contributed by atoms with Crippen LogP contribution in [0.5, 0.6) is 0 Å². The van der Waals surface area contributed by atoms with Gasteiger partial charge in [-0.25, -0.2) is 9.98 Å². The van der Waals surface area contributed by atoms with Gasteiger partial charge in [-0.2, -0.15) is 0 Å². The molecule has 0 atom stereocenters. The van der Waals surface area contributed by atoms with Crippen molar-refractivity contribution < 1.29 is 0 Å². The molecule has 0 aliphatic heterocycles. The quantitative estimate of drug-likeness (QED) is 0.521. The number of aromatic nitrogens is 2. The van der Waals surface area contributed by atoms with Crippen molar-refractivity contribution >= 4 is 17.4 Å². The molecule has 0 unspecified atom stereocenters. The van der Waals surface area contributed by atoms with Crippen LogP contribution >= 0.6 is 0 Å². The number of amidine groups is 1. The zero-order chi connectivity index (χ0) is 17.6. The van der Waals surface area contributed by atoms with Crippen molar-refractivity contribution in [3.8, 4) is 0 Å². The van der Waals surface area contributed by atoms with E-state index in [0.29, 0.717) is 17.6 Å². The van der Waals surface area contributed by atoms with Crippen LogP contribution in [0.4, 0.5) is 5.82 Å². The van der Waals surface area contributed by atoms with Gasteiger partial charge >= 0.3 is 0 Å². The Morgan fingerprint density at radius 2 is 2.28 bits per heavy atom. The zero-order valence-corrected chi connectivity index (χ0v) is 14.9. The van der Waals surface area contributed by atoms with E-state index in [0.717, 1.165) is 17.7 Å². The molecule has 1 fully saturated rings. The van der Waals surface area contributed by atoms with Gasteiger partial charge in [-0.3, -0.25) is 0 Å². The normalized spacial score (nSPS) is 14.4. The topological polar surface area (TPSA) is 53.1 Å². The Morgan fingerprint density at radius 3 is 3.00 bits per heavy atom. The van der Waals surface area contributed by atoms with Gasteiger partial charge in [-0.1, -0.05) is 26.5 Å². The number of aliphatic imine (C=N–C) groups is 1. The van der Waals surface area contributed by atoms with E-state index in [1.54, 1.807) is 6.08 Å². The molecule has 2 aromatic heterocycles. The summed E-state index contributed by atoms with van der Waals surface area (Å²) in [7, 11) is 0. The molecule has 0 aromatic carbocycles. The fourth-order valence-corrected chi connectivity index (χ4v) is 2.77. The zero-order valence-electron chi connectivity index (χ0n) is 14.9. The van der Waals surface area contributed by atoms with Crippen LogP contribution in [-0.2, 0) is 6.42 Å². The molecule has 1 aliphatic rings. The molecule has 3 rings (SSSR count). The van der Waals surface area contributed by atoms with Crippen LogP contribution in [0, 0.1) is 0 Å². The number of hydrogen-bond donors (Lipinski definition) is 2. The van der Waals surface area contributed by atoms with Gasteiger partial charge in [0, 0.05) is 29.3 Å². The third-order valence-electron chi connectivity index (χ3n) is 4.42. The second-order valence-electron chi connectivity index (χ2n) is 6.54. The Bertz CT molecular complexity index is 781. The second kappa shape index (κ2) is 7.97. The molecule has 0 amide bonds. The van der Waals surface area contributed by atoms with Gasteiger partial charge in [0.15, 0.2) is 5.82 Å². The van der Waals surface area contributed by atoms with Crippen molar-refractivity contribution in [3.05, 3.63) is 66.6 Å². The molecular weight excluding hydrogens is 308 g/mol. The molecule has 2 aromatic rings. The summed E-state index contributed by atoms with van der Waals surface area (Å²) in [5.74, 6) is 2.05. The van der Waals surface area contributed by atoms with E-state index in [2.05, 4.69) is 58.6 Å². The van der Waals surface area contributed by atoms with Gasteiger partial charge in [-0.05, 0) is 61.4 Å². The summed E-state index contributed by atoms with van der Waals surface area (Å²) < 4.78 is 0. The summed E-state index contributed by atoms with van der Waals surface area (Å²) in [5.41, 5.74) is 4.40. The summed E-state index contributed by atoms with van der Waals surface area (Å²) in [6.45, 7) is 10.2. The largest absolute Gasteiger partial charge is 0.364 e. The first kappa shape index (κ1) is 17.2. The molecule has 2 N–H and O–H groups in total. The highest BCUT2D eigenvalue weighted by molar-refractivity contribution is 5.99. The Labute approximate surface area is 149 Å². The average Bonchev–Trinajstić information content (AvgIpc) is 3.37. The number of nitrogens with zero attached hydrogens (tertiary/aromatic N) is 2. The number of rotatable bonds is 8. The van der Waals surface area contributed by atoms with Crippen LogP contribution in [0.3, 0.4) is 0 Å². The fraction of sp³-hybridized carbons (Fsp3) is 0.333. The SMILES string of the molecule is C=CC(=Nc1cc(C2CC2)ccn1)NC(=C)c1c[nH]c(CCCC)c1. The monoisotopic (exact) mass is 334 g/mol. The fourth-order valence-electron chi connectivity index (χ4n) is 2.77. The molecular formula is C21H26N4. The highest BCUT2D eigenvalue weighted by atomic mass is 15.0. The maximum absolute atomic E-state index is 4.58. The molecule has 0 bridgehead atoms. The molecule has 130 valence electrons. The van der Waals surface area contributed by atoms with Gasteiger partial charge in [-0.15, -0.1) is 0 Å². The highest BCUT2D eigenvalue weighted by Crippen LogP contribution is 2.40. The summed E-state index contributed by atoms with van der Waals surface area (Å²) in [4.78, 5) is 12.2. The lowest BCUT2D eigenvalue weighted by Crippen LogP contribution is -2.18. The van der Waals surface area contributed by atoms with Crippen LogP contribution in [-0.4, -0.2) is 15.8 Å². The van der Waals surface area contributed by atoms with Crippen LogP contribution in [0.2, 0.25) is 0 Å². The molecule has 4 nitrogen and oxygen atoms in total. The van der Waals surface area contributed by atoms with Crippen molar-refractivity contribution in [1.29, 1.82) is 0 Å². The molecule has 0 radical (unpaired) electrons. The Balaban J connectivity index is 1.68. The van der Waals surface area contributed by atoms with E-state index in [-0.39, 0.29) is 0 Å². The predicted molar refractivity (Wildman–Crippen MR) is 105 cm³/mol. The number of nitrogens with one attached hydrogen (secondary N) is 2.